The minimum Gasteiger partial charge on any atom is -0.360 e. The third-order valence-corrected chi connectivity index (χ3v) is 2.67. The van der Waals surface area contributed by atoms with E-state index in [1.54, 1.807) is 16.5 Å². The third kappa shape index (κ3) is 1.85. The molecule has 0 amide bonds. The van der Waals surface area contributed by atoms with E-state index in [1.807, 2.05) is 30.2 Å². The second-order valence-corrected chi connectivity index (χ2v) is 3.67. The molecule has 0 aromatic carbocycles. The first-order valence-electron chi connectivity index (χ1n) is 4.30. The fraction of sp³-hybridized carbons (Fsp3) is 0.500. The molecule has 0 radical (unpaired) electrons. The molecule has 4 nitrogen and oxygen atoms in total. The van der Waals surface area contributed by atoms with Crippen molar-refractivity contribution in [1.29, 1.82) is 0 Å². The third-order valence-electron chi connectivity index (χ3n) is 1.68. The highest BCUT2D eigenvalue weighted by molar-refractivity contribution is 8.13. The lowest BCUT2D eigenvalue weighted by atomic mass is 10.8. The van der Waals surface area contributed by atoms with Crippen LogP contribution in [-0.4, -0.2) is 28.8 Å². The first kappa shape index (κ1) is 8.62. The van der Waals surface area contributed by atoms with E-state index in [1.165, 1.54) is 0 Å². The number of aromatic nitrogens is 2. The Balaban J connectivity index is 2.12. The van der Waals surface area contributed by atoms with Crippen LogP contribution in [-0.2, 0) is 0 Å². The number of imidazole rings is 1. The number of hydrogen-bond acceptors (Lipinski definition) is 3. The van der Waals surface area contributed by atoms with Crippen molar-refractivity contribution in [2.75, 3.05) is 18.9 Å². The van der Waals surface area contributed by atoms with Gasteiger partial charge in [-0.3, -0.25) is 0 Å². The Morgan fingerprint density at radius 2 is 2.69 bits per heavy atom. The highest BCUT2D eigenvalue weighted by Gasteiger charge is 2.16. The van der Waals surface area contributed by atoms with Gasteiger partial charge in [-0.1, -0.05) is 4.73 Å². The largest absolute Gasteiger partial charge is 0.360 e. The standard InChI is InChI=1S/C8H12N3OS/c1-2-12-11-5-4-10(7-11)8-9-3-6-13-8/h4-5,7H,2-3,6H2,1H3/q+1. The highest BCUT2D eigenvalue weighted by Crippen LogP contribution is 2.08. The van der Waals surface area contributed by atoms with Gasteiger partial charge in [-0.25, -0.2) is 0 Å². The summed E-state index contributed by atoms with van der Waals surface area (Å²) in [5, 5.41) is 1.05. The van der Waals surface area contributed by atoms with Gasteiger partial charge in [-0.15, -0.1) is 4.99 Å². The van der Waals surface area contributed by atoms with E-state index < -0.39 is 0 Å². The van der Waals surface area contributed by atoms with Gasteiger partial charge in [-0.05, 0) is 18.7 Å². The quantitative estimate of drug-likeness (QED) is 0.634. The highest BCUT2D eigenvalue weighted by atomic mass is 32.2. The summed E-state index contributed by atoms with van der Waals surface area (Å²) in [5.74, 6) is 1.09. The fourth-order valence-corrected chi connectivity index (χ4v) is 1.96. The van der Waals surface area contributed by atoms with E-state index in [2.05, 4.69) is 4.99 Å². The molecular weight excluding hydrogens is 186 g/mol. The molecule has 70 valence electrons. The van der Waals surface area contributed by atoms with Crippen molar-refractivity contribution in [3.05, 3.63) is 18.7 Å². The van der Waals surface area contributed by atoms with Crippen molar-refractivity contribution in [1.82, 2.24) is 4.73 Å². The summed E-state index contributed by atoms with van der Waals surface area (Å²) >= 11 is 1.77. The number of rotatable bonds is 2. The first-order chi connectivity index (χ1) is 6.40. The number of thioether (sulfide) groups is 1. The van der Waals surface area contributed by atoms with Gasteiger partial charge in [0.25, 0.3) is 5.17 Å². The van der Waals surface area contributed by atoms with Crippen molar-refractivity contribution in [3.8, 4) is 0 Å². The van der Waals surface area contributed by atoms with Gasteiger partial charge in [0.2, 0.25) is 6.33 Å². The van der Waals surface area contributed by atoms with Crippen LogP contribution in [0.2, 0.25) is 0 Å². The molecule has 13 heavy (non-hydrogen) atoms. The van der Waals surface area contributed by atoms with Gasteiger partial charge < -0.3 is 4.84 Å². The summed E-state index contributed by atoms with van der Waals surface area (Å²) in [6.45, 7) is 3.56. The molecule has 5 heteroatoms. The molecule has 0 atom stereocenters. The molecule has 0 aliphatic carbocycles. The lowest BCUT2D eigenvalue weighted by Gasteiger charge is -1.94. The molecular formula is C8H12N3OS+. The summed E-state index contributed by atoms with van der Waals surface area (Å²) in [4.78, 5) is 9.63. The molecule has 0 spiro atoms. The van der Waals surface area contributed by atoms with E-state index in [0.29, 0.717) is 6.61 Å². The minimum atomic E-state index is 0.675. The molecule has 0 saturated carbocycles. The van der Waals surface area contributed by atoms with E-state index >= 15 is 0 Å². The van der Waals surface area contributed by atoms with Crippen molar-refractivity contribution in [2.45, 2.75) is 6.92 Å². The second-order valence-electron chi connectivity index (χ2n) is 2.61. The Morgan fingerprint density at radius 1 is 1.77 bits per heavy atom. The summed E-state index contributed by atoms with van der Waals surface area (Å²) in [7, 11) is 0. The van der Waals surface area contributed by atoms with Crippen LogP contribution in [0, 0.1) is 0 Å². The molecule has 1 aliphatic rings. The number of aliphatic imine (C=N–C) groups is 1. The lowest BCUT2D eigenvalue weighted by Crippen LogP contribution is -2.38. The zero-order chi connectivity index (χ0) is 9.10. The Kier molecular flexibility index (Phi) is 2.54. The van der Waals surface area contributed by atoms with E-state index in [0.717, 1.165) is 17.5 Å². The maximum Gasteiger partial charge on any atom is 0.297 e. The zero-order valence-electron chi connectivity index (χ0n) is 7.51. The van der Waals surface area contributed by atoms with Gasteiger partial charge >= 0.3 is 0 Å². The van der Waals surface area contributed by atoms with Crippen LogP contribution in [0.15, 0.2) is 23.7 Å². The maximum absolute atomic E-state index is 5.28. The van der Waals surface area contributed by atoms with Gasteiger partial charge in [0.1, 0.15) is 25.5 Å². The number of nitrogens with zero attached hydrogens (tertiary/aromatic N) is 3. The molecule has 0 N–H and O–H groups in total. The van der Waals surface area contributed by atoms with E-state index in [4.69, 9.17) is 4.84 Å². The maximum atomic E-state index is 5.28. The molecule has 1 aromatic heterocycles. The Bertz CT molecular complexity index is 321. The van der Waals surface area contributed by atoms with Gasteiger partial charge in [0.05, 0.1) is 0 Å². The SMILES string of the molecule is CCOn1cc[n+](C2=NCCS2)c1. The smallest absolute Gasteiger partial charge is 0.297 e. The first-order valence-corrected chi connectivity index (χ1v) is 5.29. The Labute approximate surface area is 81.2 Å². The van der Waals surface area contributed by atoms with E-state index in [-0.39, 0.29) is 0 Å². The van der Waals surface area contributed by atoms with Crippen LogP contribution in [0.1, 0.15) is 6.92 Å². The fourth-order valence-electron chi connectivity index (χ4n) is 1.16. The van der Waals surface area contributed by atoms with Gasteiger partial charge in [-0.2, -0.15) is 4.57 Å². The average Bonchev–Trinajstić information content (AvgIpc) is 2.70. The van der Waals surface area contributed by atoms with Crippen LogP contribution >= 0.6 is 11.8 Å². The van der Waals surface area contributed by atoms with Crippen LogP contribution in [0.3, 0.4) is 0 Å². The van der Waals surface area contributed by atoms with Crippen molar-refractivity contribution >= 4 is 16.9 Å². The Morgan fingerprint density at radius 3 is 3.38 bits per heavy atom. The topological polar surface area (TPSA) is 30.4 Å². The van der Waals surface area contributed by atoms with Crippen LogP contribution in [0.5, 0.6) is 0 Å². The molecule has 2 rings (SSSR count). The molecule has 1 aromatic rings. The summed E-state index contributed by atoms with van der Waals surface area (Å²) < 4.78 is 3.68. The monoisotopic (exact) mass is 198 g/mol. The lowest BCUT2D eigenvalue weighted by molar-refractivity contribution is -0.550. The van der Waals surface area contributed by atoms with Crippen molar-refractivity contribution in [3.63, 3.8) is 0 Å². The molecule has 0 bridgehead atoms. The summed E-state index contributed by atoms with van der Waals surface area (Å²) in [6.07, 6.45) is 5.72. The molecule has 0 unspecified atom stereocenters. The minimum absolute atomic E-state index is 0.675. The van der Waals surface area contributed by atoms with Crippen molar-refractivity contribution in [2.24, 2.45) is 4.99 Å². The normalized spacial score (nSPS) is 15.9. The molecule has 1 aliphatic heterocycles. The van der Waals surface area contributed by atoms with Gasteiger partial charge in [0, 0.05) is 5.75 Å². The molecule has 0 fully saturated rings. The van der Waals surface area contributed by atoms with Gasteiger partial charge in [0.15, 0.2) is 0 Å². The second kappa shape index (κ2) is 3.83. The van der Waals surface area contributed by atoms with E-state index in [9.17, 15) is 0 Å². The predicted molar refractivity (Wildman–Crippen MR) is 51.9 cm³/mol. The average molecular weight is 198 g/mol. The summed E-state index contributed by atoms with van der Waals surface area (Å²) in [6, 6.07) is 0. The van der Waals surface area contributed by atoms with Crippen LogP contribution < -0.4 is 9.40 Å². The summed E-state index contributed by atoms with van der Waals surface area (Å²) in [5.41, 5.74) is 0. The predicted octanol–water partition coefficient (Wildman–Crippen LogP) is 0.175. The van der Waals surface area contributed by atoms with Crippen LogP contribution in [0.25, 0.3) is 0 Å². The van der Waals surface area contributed by atoms with Crippen LogP contribution in [0.4, 0.5) is 0 Å². The number of hydrogen-bond donors (Lipinski definition) is 0. The molecule has 0 saturated heterocycles. The zero-order valence-corrected chi connectivity index (χ0v) is 8.33. The van der Waals surface area contributed by atoms with Crippen molar-refractivity contribution < 1.29 is 9.40 Å². The molecule has 2 heterocycles. The Hall–Kier alpha value is -0.970.